The van der Waals surface area contributed by atoms with Crippen LogP contribution in [0.1, 0.15) is 15.2 Å². The van der Waals surface area contributed by atoms with E-state index in [0.717, 1.165) is 5.39 Å². The number of aliphatic carboxylic acids is 1. The maximum absolute atomic E-state index is 12.9. The first-order valence-electron chi connectivity index (χ1n) is 6.87. The first-order chi connectivity index (χ1) is 11.1. The maximum Gasteiger partial charge on any atom is 0.343 e. The van der Waals surface area contributed by atoms with Gasteiger partial charge in [0.05, 0.1) is 10.7 Å². The van der Waals surface area contributed by atoms with Crippen LogP contribution in [0.25, 0.3) is 10.8 Å². The number of carboxylic acid groups (broad SMARTS) is 1. The number of carboxylic acids is 1. The molecule has 2 aromatic carbocycles. The maximum atomic E-state index is 12.9. The number of halogens is 1. The quantitative estimate of drug-likeness (QED) is 0.686. The van der Waals surface area contributed by atoms with E-state index in [4.69, 9.17) is 11.6 Å². The van der Waals surface area contributed by atoms with E-state index in [1.165, 1.54) is 11.3 Å². The zero-order valence-electron chi connectivity index (χ0n) is 11.7. The molecule has 0 spiro atoms. The van der Waals surface area contributed by atoms with Gasteiger partial charge in [-0.05, 0) is 29.0 Å². The van der Waals surface area contributed by atoms with E-state index in [9.17, 15) is 14.7 Å². The van der Waals surface area contributed by atoms with E-state index in [0.29, 0.717) is 26.5 Å². The smallest absolute Gasteiger partial charge is 0.343 e. The van der Waals surface area contributed by atoms with Gasteiger partial charge in [-0.15, -0.1) is 11.3 Å². The second kappa shape index (κ2) is 4.81. The van der Waals surface area contributed by atoms with E-state index in [1.807, 2.05) is 12.1 Å². The Balaban J connectivity index is 2.04. The Kier molecular flexibility index (Phi) is 2.98. The molecule has 0 aliphatic carbocycles. The minimum absolute atomic E-state index is 0.349. The van der Waals surface area contributed by atoms with Gasteiger partial charge in [0.15, 0.2) is 0 Å². The highest BCUT2D eigenvalue weighted by Gasteiger charge is 2.54. The summed E-state index contributed by atoms with van der Waals surface area (Å²) < 4.78 is 0. The van der Waals surface area contributed by atoms with Crippen LogP contribution in [-0.4, -0.2) is 16.9 Å². The molecule has 0 amide bonds. The van der Waals surface area contributed by atoms with Gasteiger partial charge in [-0.3, -0.25) is 4.79 Å². The lowest BCUT2D eigenvalue weighted by Crippen LogP contribution is -2.45. The van der Waals surface area contributed by atoms with Gasteiger partial charge in [-0.2, -0.15) is 0 Å². The lowest BCUT2D eigenvalue weighted by atomic mass is 9.91. The van der Waals surface area contributed by atoms with Crippen molar-refractivity contribution in [2.24, 2.45) is 0 Å². The third kappa shape index (κ3) is 1.77. The number of nitrogens with one attached hydrogen (secondary N) is 1. The minimum Gasteiger partial charge on any atom is -0.479 e. The first kappa shape index (κ1) is 14.2. The number of Topliss-reactive ketones (excluding diaryl/α,β-unsaturated/α-hetero) is 1. The van der Waals surface area contributed by atoms with Crippen LogP contribution in [0.4, 0.5) is 5.69 Å². The molecule has 4 rings (SSSR count). The number of hydrogen-bond acceptors (Lipinski definition) is 4. The van der Waals surface area contributed by atoms with Crippen molar-refractivity contribution in [1.29, 1.82) is 0 Å². The standard InChI is InChI=1S/C17H10ClNO3S/c18-11-4-1-3-9-6-7-10-14(13(9)11)19-17(15(10)20,16(21)22)12-5-2-8-23-12/h1-8,19H,(H,21,22)/t17-/m1/s1. The van der Waals surface area contributed by atoms with Gasteiger partial charge >= 0.3 is 5.97 Å². The Morgan fingerprint density at radius 2 is 2.00 bits per heavy atom. The summed E-state index contributed by atoms with van der Waals surface area (Å²) in [5.74, 6) is -1.69. The Labute approximate surface area is 140 Å². The Morgan fingerprint density at radius 3 is 2.70 bits per heavy atom. The molecule has 1 atom stereocenters. The number of ketones is 1. The summed E-state index contributed by atoms with van der Waals surface area (Å²) >= 11 is 7.52. The fourth-order valence-electron chi connectivity index (χ4n) is 3.02. The minimum atomic E-state index is -1.79. The highest BCUT2D eigenvalue weighted by atomic mass is 35.5. The Bertz CT molecular complexity index is 967. The van der Waals surface area contributed by atoms with Crippen LogP contribution in [0.5, 0.6) is 0 Å². The van der Waals surface area contributed by atoms with Crippen LogP contribution in [0.15, 0.2) is 47.8 Å². The average Bonchev–Trinajstić information content (AvgIpc) is 3.14. The number of benzene rings is 2. The number of fused-ring (bicyclic) bond motifs is 3. The first-order valence-corrected chi connectivity index (χ1v) is 8.13. The number of rotatable bonds is 2. The third-order valence-corrected chi connectivity index (χ3v) is 5.41. The van der Waals surface area contributed by atoms with Gasteiger partial charge in [0.25, 0.3) is 0 Å². The normalized spacial score (nSPS) is 19.6. The van der Waals surface area contributed by atoms with Gasteiger partial charge < -0.3 is 10.4 Å². The molecule has 0 radical (unpaired) electrons. The van der Waals surface area contributed by atoms with Crippen LogP contribution in [0.3, 0.4) is 0 Å². The van der Waals surface area contributed by atoms with Crippen molar-refractivity contribution in [3.8, 4) is 0 Å². The second-order valence-corrected chi connectivity index (χ2v) is 6.67. The molecule has 0 fully saturated rings. The van der Waals surface area contributed by atoms with Crippen molar-refractivity contribution in [2.45, 2.75) is 5.54 Å². The van der Waals surface area contributed by atoms with E-state index >= 15 is 0 Å². The monoisotopic (exact) mass is 343 g/mol. The van der Waals surface area contributed by atoms with Gasteiger partial charge in [0.1, 0.15) is 0 Å². The fourth-order valence-corrected chi connectivity index (χ4v) is 4.17. The number of thiophene rings is 1. The molecule has 1 aromatic heterocycles. The summed E-state index contributed by atoms with van der Waals surface area (Å²) in [7, 11) is 0. The molecular formula is C17H10ClNO3S. The summed E-state index contributed by atoms with van der Waals surface area (Å²) in [6, 6.07) is 12.2. The van der Waals surface area contributed by atoms with Crippen molar-refractivity contribution in [3.63, 3.8) is 0 Å². The molecule has 0 saturated heterocycles. The van der Waals surface area contributed by atoms with Crippen LogP contribution < -0.4 is 5.32 Å². The third-order valence-electron chi connectivity index (χ3n) is 4.10. The molecule has 0 bridgehead atoms. The van der Waals surface area contributed by atoms with Crippen molar-refractivity contribution >= 4 is 51.2 Å². The summed E-state index contributed by atoms with van der Waals surface area (Å²) in [6.45, 7) is 0. The molecule has 3 aromatic rings. The summed E-state index contributed by atoms with van der Waals surface area (Å²) in [6.07, 6.45) is 0. The van der Waals surface area contributed by atoms with Crippen molar-refractivity contribution < 1.29 is 14.7 Å². The molecule has 2 heterocycles. The molecule has 23 heavy (non-hydrogen) atoms. The number of hydrogen-bond donors (Lipinski definition) is 2. The van der Waals surface area contributed by atoms with Gasteiger partial charge in [0, 0.05) is 15.8 Å². The molecule has 1 aliphatic heterocycles. The van der Waals surface area contributed by atoms with E-state index in [-0.39, 0.29) is 0 Å². The topological polar surface area (TPSA) is 66.4 Å². The van der Waals surface area contributed by atoms with Gasteiger partial charge in [0.2, 0.25) is 11.3 Å². The zero-order chi connectivity index (χ0) is 16.2. The number of carbonyl (C=O) groups is 2. The molecule has 0 unspecified atom stereocenters. The highest BCUT2D eigenvalue weighted by Crippen LogP contribution is 2.45. The van der Waals surface area contributed by atoms with E-state index in [2.05, 4.69) is 5.32 Å². The van der Waals surface area contributed by atoms with E-state index in [1.54, 1.807) is 35.7 Å². The number of anilines is 1. The van der Waals surface area contributed by atoms with Gasteiger partial charge in [-0.1, -0.05) is 35.9 Å². The van der Waals surface area contributed by atoms with Crippen LogP contribution in [0, 0.1) is 0 Å². The molecule has 0 saturated carbocycles. The zero-order valence-corrected chi connectivity index (χ0v) is 13.2. The molecule has 6 heteroatoms. The average molecular weight is 344 g/mol. The molecular weight excluding hydrogens is 334 g/mol. The Morgan fingerprint density at radius 1 is 1.17 bits per heavy atom. The predicted octanol–water partition coefficient (Wildman–Crippen LogP) is 4.14. The summed E-state index contributed by atoms with van der Waals surface area (Å²) in [5.41, 5.74) is -0.959. The van der Waals surface area contributed by atoms with Crippen molar-refractivity contribution in [3.05, 3.63) is 63.3 Å². The van der Waals surface area contributed by atoms with Crippen LogP contribution >= 0.6 is 22.9 Å². The molecule has 4 nitrogen and oxygen atoms in total. The molecule has 2 N–H and O–H groups in total. The van der Waals surface area contributed by atoms with Crippen LogP contribution in [0.2, 0.25) is 5.02 Å². The molecule has 1 aliphatic rings. The highest BCUT2D eigenvalue weighted by molar-refractivity contribution is 7.10. The summed E-state index contributed by atoms with van der Waals surface area (Å²) in [4.78, 5) is 25.4. The summed E-state index contributed by atoms with van der Waals surface area (Å²) in [5, 5.41) is 16.5. The number of carbonyl (C=O) groups excluding carboxylic acids is 1. The van der Waals surface area contributed by atoms with Gasteiger partial charge in [-0.25, -0.2) is 4.79 Å². The largest absolute Gasteiger partial charge is 0.479 e. The lowest BCUT2D eigenvalue weighted by Gasteiger charge is -2.22. The predicted molar refractivity (Wildman–Crippen MR) is 90.5 cm³/mol. The van der Waals surface area contributed by atoms with E-state index < -0.39 is 17.3 Å². The SMILES string of the molecule is O=C(O)[C@]1(c2cccs2)Nc2c(ccc3cccc(Cl)c23)C1=O. The fraction of sp³-hybridized carbons (Fsp3) is 0.0588. The van der Waals surface area contributed by atoms with Crippen molar-refractivity contribution in [1.82, 2.24) is 0 Å². The Hall–Kier alpha value is -2.37. The molecule has 114 valence electrons. The van der Waals surface area contributed by atoms with Crippen LogP contribution in [-0.2, 0) is 10.3 Å². The lowest BCUT2D eigenvalue weighted by molar-refractivity contribution is -0.140. The second-order valence-electron chi connectivity index (χ2n) is 5.31. The van der Waals surface area contributed by atoms with Crippen molar-refractivity contribution in [2.75, 3.05) is 5.32 Å².